The lowest BCUT2D eigenvalue weighted by Crippen LogP contribution is -2.16. The Morgan fingerprint density at radius 3 is 2.35 bits per heavy atom. The van der Waals surface area contributed by atoms with Crippen LogP contribution < -0.4 is 10.9 Å². The zero-order chi connectivity index (χ0) is 13.4. The van der Waals surface area contributed by atoms with Crippen molar-refractivity contribution >= 4 is 21.5 Å². The molecule has 0 aliphatic carbocycles. The molecule has 0 atom stereocenters. The smallest absolute Gasteiger partial charge is 0.384 e. The summed E-state index contributed by atoms with van der Waals surface area (Å²) >= 11 is 0. The minimum atomic E-state index is -4.47. The fraction of sp³-hybridized carbons (Fsp3) is 0.167. The number of pyridine rings is 1. The second-order valence-corrected chi connectivity index (χ2v) is 4.42. The molecule has 17 heavy (non-hydrogen) atoms. The molecule has 0 spiro atoms. The van der Waals surface area contributed by atoms with Crippen LogP contribution in [-0.2, 0) is 10.0 Å². The number of anilines is 1. The quantitative estimate of drug-likeness (QED) is 0.590. The molecule has 1 rings (SSSR count). The van der Waals surface area contributed by atoms with Crippen LogP contribution in [0.3, 0.4) is 0 Å². The van der Waals surface area contributed by atoms with E-state index in [1.165, 1.54) is 0 Å². The fourth-order valence-corrected chi connectivity index (χ4v) is 1.69. The minimum absolute atomic E-state index is 0.488. The summed E-state index contributed by atoms with van der Waals surface area (Å²) in [4.78, 5) is 11.2. The first kappa shape index (κ1) is 13.2. The summed E-state index contributed by atoms with van der Waals surface area (Å²) in [6, 6.07) is 0.488. The van der Waals surface area contributed by atoms with Gasteiger partial charge in [-0.1, -0.05) is 0 Å². The van der Waals surface area contributed by atoms with E-state index < -0.39 is 43.5 Å². The Bertz CT molecular complexity index is 574. The molecule has 1 aromatic rings. The van der Waals surface area contributed by atoms with Gasteiger partial charge in [-0.15, -0.1) is 0 Å². The van der Waals surface area contributed by atoms with Gasteiger partial charge in [0, 0.05) is 0 Å². The predicted molar refractivity (Wildman–Crippen MR) is 51.6 cm³/mol. The van der Waals surface area contributed by atoms with Crippen LogP contribution in [0.4, 0.5) is 20.3 Å². The van der Waals surface area contributed by atoms with Gasteiger partial charge in [0.05, 0.1) is 5.69 Å². The van der Waals surface area contributed by atoms with E-state index in [4.69, 9.17) is 5.73 Å². The van der Waals surface area contributed by atoms with E-state index in [0.29, 0.717) is 6.07 Å². The highest BCUT2D eigenvalue weighted by molar-refractivity contribution is 7.89. The largest absolute Gasteiger partial charge is 0.395 e. The summed E-state index contributed by atoms with van der Waals surface area (Å²) in [7, 11) is -4.47. The van der Waals surface area contributed by atoms with E-state index >= 15 is 0 Å². The number of nitrogens with two attached hydrogens (primary N) is 2. The van der Waals surface area contributed by atoms with Crippen molar-refractivity contribution in [3.8, 4) is 0 Å². The molecule has 0 unspecified atom stereocenters. The summed E-state index contributed by atoms with van der Waals surface area (Å²) in [6.07, 6.45) is -3.16. The Hall–Kier alpha value is -1.88. The number of nitrogen functional groups attached to an aromatic ring is 1. The lowest BCUT2D eigenvalue weighted by Gasteiger charge is -2.04. The summed E-state index contributed by atoms with van der Waals surface area (Å²) in [6.45, 7) is 0. The summed E-state index contributed by atoms with van der Waals surface area (Å²) in [5.74, 6) is -1.28. The number of sulfonamides is 1. The van der Waals surface area contributed by atoms with Crippen LogP contribution in [0.2, 0.25) is 0 Å². The molecule has 0 bridgehead atoms. The van der Waals surface area contributed by atoms with Crippen molar-refractivity contribution in [2.75, 3.05) is 5.73 Å². The maximum Gasteiger partial charge on any atom is 0.384 e. The number of hydrogen-bond acceptors (Lipinski definition) is 6. The highest BCUT2D eigenvalue weighted by atomic mass is 32.2. The number of primary sulfonamides is 1. The van der Waals surface area contributed by atoms with E-state index in [-0.39, 0.29) is 0 Å². The van der Waals surface area contributed by atoms with Gasteiger partial charge in [-0.2, -0.15) is 0 Å². The third-order valence-electron chi connectivity index (χ3n) is 1.72. The highest BCUT2D eigenvalue weighted by Crippen LogP contribution is 2.30. The first-order valence-corrected chi connectivity index (χ1v) is 5.45. The van der Waals surface area contributed by atoms with Crippen LogP contribution in [-0.4, -0.2) is 18.3 Å². The molecule has 1 aromatic heterocycles. The molecule has 4 N–H and O–H groups in total. The maximum absolute atomic E-state index is 12.4. The summed E-state index contributed by atoms with van der Waals surface area (Å²) < 4.78 is 46.7. The fourth-order valence-electron chi connectivity index (χ4n) is 1.03. The highest BCUT2D eigenvalue weighted by Gasteiger charge is 2.30. The number of halogens is 2. The lowest BCUT2D eigenvalue weighted by molar-refractivity contribution is -0.392. The molecule has 0 saturated heterocycles. The van der Waals surface area contributed by atoms with Crippen molar-refractivity contribution in [2.24, 2.45) is 5.14 Å². The van der Waals surface area contributed by atoms with E-state index in [0.717, 1.165) is 0 Å². The average molecular weight is 268 g/mol. The lowest BCUT2D eigenvalue weighted by atomic mass is 10.3. The van der Waals surface area contributed by atoms with Gasteiger partial charge >= 0.3 is 12.2 Å². The Morgan fingerprint density at radius 1 is 1.47 bits per heavy atom. The Balaban J connectivity index is 3.65. The molecule has 0 aliphatic heterocycles. The number of hydrogen-bond donors (Lipinski definition) is 2. The molecule has 0 amide bonds. The zero-order valence-corrected chi connectivity index (χ0v) is 8.82. The first-order valence-electron chi connectivity index (χ1n) is 3.90. The van der Waals surface area contributed by atoms with Crippen LogP contribution >= 0.6 is 0 Å². The van der Waals surface area contributed by atoms with Crippen LogP contribution in [0.1, 0.15) is 12.1 Å². The number of aromatic nitrogens is 1. The predicted octanol–water partition coefficient (Wildman–Crippen LogP) is 0.157. The molecule has 0 saturated carbocycles. The molecule has 1 heterocycles. The van der Waals surface area contributed by atoms with Gasteiger partial charge in [-0.25, -0.2) is 22.3 Å². The van der Waals surface area contributed by atoms with Gasteiger partial charge < -0.3 is 15.8 Å². The standard InChI is InChI=1S/C6H6F2N4O4S/c7-5(8)4-2(9)1-3(17(10,15)16)6(11-4)12(13)14/h1,5H,9H2,(H2,10,15,16). The third kappa shape index (κ3) is 2.62. The van der Waals surface area contributed by atoms with Crippen molar-refractivity contribution in [3.63, 3.8) is 0 Å². The van der Waals surface area contributed by atoms with Crippen molar-refractivity contribution in [3.05, 3.63) is 21.9 Å². The Labute approximate surface area is 93.4 Å². The molecule has 0 fully saturated rings. The van der Waals surface area contributed by atoms with E-state index in [2.05, 4.69) is 10.1 Å². The van der Waals surface area contributed by atoms with Crippen molar-refractivity contribution in [1.29, 1.82) is 0 Å². The van der Waals surface area contributed by atoms with E-state index in [9.17, 15) is 27.3 Å². The monoisotopic (exact) mass is 268 g/mol. The average Bonchev–Trinajstić information content (AvgIpc) is 2.14. The van der Waals surface area contributed by atoms with Crippen LogP contribution in [0.15, 0.2) is 11.0 Å². The Morgan fingerprint density at radius 2 is 2.00 bits per heavy atom. The zero-order valence-electron chi connectivity index (χ0n) is 8.00. The molecular weight excluding hydrogens is 262 g/mol. The number of nitro groups is 1. The number of nitrogens with zero attached hydrogens (tertiary/aromatic N) is 2. The van der Waals surface area contributed by atoms with Crippen molar-refractivity contribution in [2.45, 2.75) is 11.3 Å². The third-order valence-corrected chi connectivity index (χ3v) is 2.63. The summed E-state index contributed by atoms with van der Waals surface area (Å²) in [5, 5.41) is 15.2. The van der Waals surface area contributed by atoms with E-state index in [1.807, 2.05) is 0 Å². The van der Waals surface area contributed by atoms with Gasteiger partial charge in [0.15, 0.2) is 4.90 Å². The van der Waals surface area contributed by atoms with Gasteiger partial charge in [-0.3, -0.25) is 0 Å². The number of rotatable bonds is 3. The van der Waals surface area contributed by atoms with Gasteiger partial charge in [0.25, 0.3) is 0 Å². The second-order valence-electron chi connectivity index (χ2n) is 2.89. The van der Waals surface area contributed by atoms with Gasteiger partial charge in [-0.05, 0) is 16.0 Å². The van der Waals surface area contributed by atoms with Gasteiger partial charge in [0.1, 0.15) is 0 Å². The molecular formula is C6H6F2N4O4S. The molecule has 94 valence electrons. The SMILES string of the molecule is Nc1cc(S(N)(=O)=O)c([N+](=O)[O-])nc1C(F)F. The van der Waals surface area contributed by atoms with Crippen LogP contribution in [0, 0.1) is 10.1 Å². The molecule has 0 radical (unpaired) electrons. The number of alkyl halides is 2. The van der Waals surface area contributed by atoms with Crippen LogP contribution in [0.5, 0.6) is 0 Å². The minimum Gasteiger partial charge on any atom is -0.395 e. The van der Waals surface area contributed by atoms with Crippen molar-refractivity contribution in [1.82, 2.24) is 4.98 Å². The molecule has 0 aromatic carbocycles. The molecule has 11 heteroatoms. The molecule has 0 aliphatic rings. The summed E-state index contributed by atoms with van der Waals surface area (Å²) in [5.41, 5.74) is 3.35. The van der Waals surface area contributed by atoms with Gasteiger partial charge in [0.2, 0.25) is 15.7 Å². The van der Waals surface area contributed by atoms with Crippen LogP contribution in [0.25, 0.3) is 0 Å². The molecule has 8 nitrogen and oxygen atoms in total. The topological polar surface area (TPSA) is 142 Å². The normalized spacial score (nSPS) is 11.8. The Kier molecular flexibility index (Phi) is 3.24. The maximum atomic E-state index is 12.4. The first-order chi connectivity index (χ1) is 7.64. The van der Waals surface area contributed by atoms with Crippen molar-refractivity contribution < 1.29 is 22.1 Å². The second kappa shape index (κ2) is 4.18. The van der Waals surface area contributed by atoms with E-state index in [1.54, 1.807) is 0 Å².